The summed E-state index contributed by atoms with van der Waals surface area (Å²) in [5.41, 5.74) is 9.58. The third kappa shape index (κ3) is 8.44. The monoisotopic (exact) mass is 623 g/mol. The summed E-state index contributed by atoms with van der Waals surface area (Å²) in [4.78, 5) is 56.7. The van der Waals surface area contributed by atoms with Gasteiger partial charge in [-0.2, -0.15) is 0 Å². The maximum atomic E-state index is 13.9. The molecule has 0 radical (unpaired) electrons. The first-order valence-electron chi connectivity index (χ1n) is 15.5. The van der Waals surface area contributed by atoms with Crippen molar-refractivity contribution in [1.82, 2.24) is 20.7 Å². The van der Waals surface area contributed by atoms with E-state index in [9.17, 15) is 19.2 Å². The molecule has 12 nitrogen and oxygen atoms in total. The number of hydrogen-bond acceptors (Lipinski definition) is 9. The van der Waals surface area contributed by atoms with Crippen LogP contribution in [0.5, 0.6) is 0 Å². The molecule has 2 saturated heterocycles. The number of aromatic nitrogens is 1. The van der Waals surface area contributed by atoms with Crippen molar-refractivity contribution in [3.05, 3.63) is 47.7 Å². The van der Waals surface area contributed by atoms with Crippen molar-refractivity contribution in [3.8, 4) is 0 Å². The Morgan fingerprint density at radius 3 is 2.42 bits per heavy atom. The molecular formula is C33H45N5O7. The van der Waals surface area contributed by atoms with E-state index in [4.69, 9.17) is 24.9 Å². The van der Waals surface area contributed by atoms with Crippen molar-refractivity contribution in [3.63, 3.8) is 0 Å². The van der Waals surface area contributed by atoms with Gasteiger partial charge in [0, 0.05) is 17.6 Å². The molecule has 2 aliphatic heterocycles. The van der Waals surface area contributed by atoms with Crippen LogP contribution in [0.15, 0.2) is 36.4 Å². The molecule has 3 atom stereocenters. The Labute approximate surface area is 264 Å². The van der Waals surface area contributed by atoms with Crippen LogP contribution in [0.2, 0.25) is 0 Å². The van der Waals surface area contributed by atoms with Gasteiger partial charge in [-0.3, -0.25) is 29.2 Å². The molecule has 0 bridgehead atoms. The molecule has 3 amide bonds. The van der Waals surface area contributed by atoms with Crippen LogP contribution in [-0.2, 0) is 33.4 Å². The van der Waals surface area contributed by atoms with Crippen LogP contribution in [-0.4, -0.2) is 84.8 Å². The number of carbonyl (C=O) groups is 4. The van der Waals surface area contributed by atoms with Gasteiger partial charge in [0.25, 0.3) is 11.8 Å². The van der Waals surface area contributed by atoms with Crippen LogP contribution in [0, 0.1) is 11.3 Å². The van der Waals surface area contributed by atoms with Crippen molar-refractivity contribution < 1.29 is 33.4 Å². The smallest absolute Gasteiger partial charge is 0.321 e. The highest BCUT2D eigenvalue weighted by Gasteiger charge is 2.43. The van der Waals surface area contributed by atoms with Gasteiger partial charge in [-0.25, -0.2) is 5.43 Å². The number of hydrogen-bond donors (Lipinski definition) is 3. The Kier molecular flexibility index (Phi) is 11.3. The summed E-state index contributed by atoms with van der Waals surface area (Å²) in [5, 5.41) is 4.98. The number of hydrazine groups is 1. The van der Waals surface area contributed by atoms with Crippen LogP contribution < -0.4 is 16.5 Å². The second-order valence-corrected chi connectivity index (χ2v) is 12.5. The van der Waals surface area contributed by atoms with Gasteiger partial charge >= 0.3 is 5.97 Å². The first-order chi connectivity index (χ1) is 21.4. The minimum Gasteiger partial charge on any atom is -0.451 e. The highest BCUT2D eigenvalue weighted by Crippen LogP contribution is 2.29. The number of pyridine rings is 1. The second kappa shape index (κ2) is 14.9. The van der Waals surface area contributed by atoms with Gasteiger partial charge in [-0.15, -0.1) is 0 Å². The Morgan fingerprint density at radius 2 is 1.78 bits per heavy atom. The van der Waals surface area contributed by atoms with E-state index in [0.29, 0.717) is 32.6 Å². The largest absolute Gasteiger partial charge is 0.451 e. The molecule has 4 rings (SSSR count). The molecular weight excluding hydrogens is 578 g/mol. The van der Waals surface area contributed by atoms with Gasteiger partial charge in [0.2, 0.25) is 5.91 Å². The summed E-state index contributed by atoms with van der Waals surface area (Å²) in [6.45, 7) is 10.2. The van der Waals surface area contributed by atoms with Crippen molar-refractivity contribution in [2.24, 2.45) is 17.1 Å². The quantitative estimate of drug-likeness (QED) is 0.338. The molecule has 45 heavy (non-hydrogen) atoms. The SMILES string of the molecule is CC(NC(=O)C(OC(=O)C1(C=Cc2ccc3ccc(C(C)C)nc3c2)COCCOC1)C(C)C)C(=O)N1CCCC(C(N)=O)N1. The lowest BCUT2D eigenvalue weighted by Gasteiger charge is -2.34. The third-order valence-electron chi connectivity index (χ3n) is 8.04. The lowest BCUT2D eigenvalue weighted by Crippen LogP contribution is -2.61. The number of primary amides is 1. The van der Waals surface area contributed by atoms with E-state index in [0.717, 1.165) is 22.2 Å². The number of fused-ring (bicyclic) bond motifs is 1. The molecule has 2 fully saturated rings. The Morgan fingerprint density at radius 1 is 1.09 bits per heavy atom. The first kappa shape index (κ1) is 34.0. The summed E-state index contributed by atoms with van der Waals surface area (Å²) < 4.78 is 17.4. The van der Waals surface area contributed by atoms with E-state index in [2.05, 4.69) is 24.6 Å². The molecule has 3 heterocycles. The number of carbonyl (C=O) groups excluding carboxylic acids is 4. The summed E-state index contributed by atoms with van der Waals surface area (Å²) in [7, 11) is 0. The zero-order chi connectivity index (χ0) is 32.7. The van der Waals surface area contributed by atoms with E-state index in [-0.39, 0.29) is 19.1 Å². The Bertz CT molecular complexity index is 1420. The molecule has 0 saturated carbocycles. The number of rotatable bonds is 10. The number of esters is 1. The summed E-state index contributed by atoms with van der Waals surface area (Å²) in [6, 6.07) is 8.34. The number of nitrogens with two attached hydrogens (primary N) is 1. The van der Waals surface area contributed by atoms with Crippen molar-refractivity contribution >= 4 is 40.7 Å². The van der Waals surface area contributed by atoms with E-state index in [1.807, 2.05) is 36.4 Å². The molecule has 1 aromatic heterocycles. The zero-order valence-corrected chi connectivity index (χ0v) is 26.7. The van der Waals surface area contributed by atoms with Crippen molar-refractivity contribution in [2.75, 3.05) is 33.0 Å². The maximum absolute atomic E-state index is 13.9. The van der Waals surface area contributed by atoms with Crippen molar-refractivity contribution in [1.29, 1.82) is 0 Å². The molecule has 244 valence electrons. The number of nitrogens with one attached hydrogen (secondary N) is 2. The molecule has 12 heteroatoms. The molecule has 2 aliphatic rings. The highest BCUT2D eigenvalue weighted by atomic mass is 16.6. The summed E-state index contributed by atoms with van der Waals surface area (Å²) in [6.07, 6.45) is 3.46. The minimum absolute atomic E-state index is 0.00858. The van der Waals surface area contributed by atoms with Crippen LogP contribution in [0.25, 0.3) is 17.0 Å². The fraction of sp³-hybridized carbons (Fsp3) is 0.545. The number of ether oxygens (including phenoxy) is 3. The fourth-order valence-electron chi connectivity index (χ4n) is 5.25. The van der Waals surface area contributed by atoms with Crippen molar-refractivity contribution in [2.45, 2.75) is 71.6 Å². The van der Waals surface area contributed by atoms with E-state index < -0.39 is 53.2 Å². The zero-order valence-electron chi connectivity index (χ0n) is 26.7. The van der Waals surface area contributed by atoms with Crippen LogP contribution in [0.3, 0.4) is 0 Å². The average molecular weight is 624 g/mol. The fourth-order valence-corrected chi connectivity index (χ4v) is 5.25. The van der Waals surface area contributed by atoms with Gasteiger partial charge < -0.3 is 25.3 Å². The van der Waals surface area contributed by atoms with Crippen LogP contribution in [0.1, 0.15) is 64.6 Å². The molecule has 1 aromatic carbocycles. The van der Waals surface area contributed by atoms with E-state index in [1.165, 1.54) is 11.9 Å². The molecule has 3 unspecified atom stereocenters. The molecule has 4 N–H and O–H groups in total. The van der Waals surface area contributed by atoms with Gasteiger partial charge in [0.15, 0.2) is 6.10 Å². The topological polar surface area (TPSA) is 162 Å². The number of amides is 3. The van der Waals surface area contributed by atoms with Crippen LogP contribution in [0.4, 0.5) is 0 Å². The normalized spacial score (nSPS) is 20.2. The van der Waals surface area contributed by atoms with Crippen LogP contribution >= 0.6 is 0 Å². The first-order valence-corrected chi connectivity index (χ1v) is 15.5. The van der Waals surface area contributed by atoms with Gasteiger partial charge in [0.1, 0.15) is 17.5 Å². The molecule has 0 aliphatic carbocycles. The summed E-state index contributed by atoms with van der Waals surface area (Å²) >= 11 is 0. The highest BCUT2D eigenvalue weighted by molar-refractivity contribution is 5.91. The third-order valence-corrected chi connectivity index (χ3v) is 8.04. The Hall–Kier alpha value is -3.87. The predicted octanol–water partition coefficient (Wildman–Crippen LogP) is 2.46. The average Bonchev–Trinajstić information content (AvgIpc) is 3.28. The maximum Gasteiger partial charge on any atom is 0.321 e. The van der Waals surface area contributed by atoms with Gasteiger partial charge in [-0.1, -0.05) is 58.0 Å². The molecule has 2 aromatic rings. The second-order valence-electron chi connectivity index (χ2n) is 12.5. The lowest BCUT2D eigenvalue weighted by molar-refractivity contribution is -0.170. The predicted molar refractivity (Wildman–Crippen MR) is 168 cm³/mol. The molecule has 0 spiro atoms. The summed E-state index contributed by atoms with van der Waals surface area (Å²) in [5.74, 6) is -2.38. The number of nitrogens with zero attached hydrogens (tertiary/aromatic N) is 2. The lowest BCUT2D eigenvalue weighted by atomic mass is 9.88. The van der Waals surface area contributed by atoms with E-state index >= 15 is 0 Å². The Balaban J connectivity index is 1.50. The van der Waals surface area contributed by atoms with E-state index in [1.54, 1.807) is 19.9 Å². The number of benzene rings is 1. The van der Waals surface area contributed by atoms with Gasteiger partial charge in [-0.05, 0) is 49.3 Å². The van der Waals surface area contributed by atoms with Gasteiger partial charge in [0.05, 0.1) is 31.9 Å². The standard InChI is InChI=1S/C33H45N5O7/c1-20(2)25-11-10-24-9-8-23(17-27(24)36-25)12-13-33(18-43-15-16-44-19-33)32(42)45-28(21(3)4)30(40)35-22(5)31(41)38-14-6-7-26(37-38)29(34)39/h8-13,17,20-22,26,28,37H,6-7,14-16,18-19H2,1-5H3,(H2,34,39)(H,35,40). The minimum atomic E-state index is -1.31.